The number of hydrogen-bond acceptors (Lipinski definition) is 2. The Balaban J connectivity index is 2.58. The highest BCUT2D eigenvalue weighted by atomic mass is 16.2. The molecule has 0 aromatic heterocycles. The summed E-state index contributed by atoms with van der Waals surface area (Å²) in [6, 6.07) is 0.172. The van der Waals surface area contributed by atoms with Crippen molar-refractivity contribution in [3.05, 3.63) is 12.7 Å². The molecule has 0 saturated carbocycles. The number of piperidine rings is 1. The predicted molar refractivity (Wildman–Crippen MR) is 62.8 cm³/mol. The van der Waals surface area contributed by atoms with Gasteiger partial charge in [-0.15, -0.1) is 0 Å². The van der Waals surface area contributed by atoms with Gasteiger partial charge in [-0.2, -0.15) is 0 Å². The first-order valence-corrected chi connectivity index (χ1v) is 5.77. The number of carbonyl (C=O) groups excluding carboxylic acids is 2. The van der Waals surface area contributed by atoms with Gasteiger partial charge in [-0.05, 0) is 24.8 Å². The maximum Gasteiger partial charge on any atom is 0.243 e. The first kappa shape index (κ1) is 12.7. The summed E-state index contributed by atoms with van der Waals surface area (Å²) < 4.78 is 0. The summed E-state index contributed by atoms with van der Waals surface area (Å²) in [4.78, 5) is 24.4. The van der Waals surface area contributed by atoms with Crippen LogP contribution in [0.25, 0.3) is 0 Å². The van der Waals surface area contributed by atoms with E-state index in [1.54, 1.807) is 6.92 Å². The molecule has 0 radical (unpaired) electrons. The number of amides is 2. The van der Waals surface area contributed by atoms with E-state index in [4.69, 9.17) is 0 Å². The molecule has 4 nitrogen and oxygen atoms in total. The van der Waals surface area contributed by atoms with E-state index >= 15 is 0 Å². The Bertz CT molecular complexity index is 289. The SMILES string of the molecule is C=CC(=O)NC1CCN(C(C)=O)CC1CC. The second-order valence-electron chi connectivity index (χ2n) is 4.24. The lowest BCUT2D eigenvalue weighted by Crippen LogP contribution is -2.51. The van der Waals surface area contributed by atoms with Crippen molar-refractivity contribution in [1.29, 1.82) is 0 Å². The molecule has 16 heavy (non-hydrogen) atoms. The van der Waals surface area contributed by atoms with Crippen molar-refractivity contribution in [1.82, 2.24) is 10.2 Å². The Morgan fingerprint density at radius 2 is 2.25 bits per heavy atom. The summed E-state index contributed by atoms with van der Waals surface area (Å²) in [5.41, 5.74) is 0. The van der Waals surface area contributed by atoms with E-state index in [0.29, 0.717) is 5.92 Å². The molecule has 0 aliphatic carbocycles. The Morgan fingerprint density at radius 1 is 1.56 bits per heavy atom. The standard InChI is InChI=1S/C12H20N2O2/c1-4-10-8-14(9(3)15)7-6-11(10)13-12(16)5-2/h5,10-11H,2,4,6-8H2,1,3H3,(H,13,16). The number of rotatable bonds is 3. The van der Waals surface area contributed by atoms with Crippen molar-refractivity contribution in [2.24, 2.45) is 5.92 Å². The number of hydrogen-bond donors (Lipinski definition) is 1. The van der Waals surface area contributed by atoms with Gasteiger partial charge in [-0.25, -0.2) is 0 Å². The fourth-order valence-corrected chi connectivity index (χ4v) is 2.16. The van der Waals surface area contributed by atoms with Crippen LogP contribution in [0.3, 0.4) is 0 Å². The van der Waals surface area contributed by atoms with Crippen molar-refractivity contribution >= 4 is 11.8 Å². The van der Waals surface area contributed by atoms with Gasteiger partial charge in [0.25, 0.3) is 0 Å². The molecule has 4 heteroatoms. The van der Waals surface area contributed by atoms with Gasteiger partial charge in [0.15, 0.2) is 0 Å². The Morgan fingerprint density at radius 3 is 2.75 bits per heavy atom. The van der Waals surface area contributed by atoms with Gasteiger partial charge in [0, 0.05) is 26.1 Å². The summed E-state index contributed by atoms with van der Waals surface area (Å²) >= 11 is 0. The minimum atomic E-state index is -0.125. The molecule has 0 bridgehead atoms. The van der Waals surface area contributed by atoms with Crippen LogP contribution in [0, 0.1) is 5.92 Å². The van der Waals surface area contributed by atoms with E-state index in [2.05, 4.69) is 18.8 Å². The molecule has 1 heterocycles. The molecule has 1 saturated heterocycles. The minimum absolute atomic E-state index is 0.118. The molecule has 0 aromatic rings. The van der Waals surface area contributed by atoms with Crippen molar-refractivity contribution in [2.45, 2.75) is 32.7 Å². The van der Waals surface area contributed by atoms with Crippen LogP contribution in [-0.2, 0) is 9.59 Å². The summed E-state index contributed by atoms with van der Waals surface area (Å²) in [5, 5.41) is 2.93. The summed E-state index contributed by atoms with van der Waals surface area (Å²) in [6.45, 7) is 8.59. The van der Waals surface area contributed by atoms with Crippen LogP contribution < -0.4 is 5.32 Å². The fourth-order valence-electron chi connectivity index (χ4n) is 2.16. The third kappa shape index (κ3) is 3.08. The molecule has 2 amide bonds. The number of nitrogens with zero attached hydrogens (tertiary/aromatic N) is 1. The lowest BCUT2D eigenvalue weighted by atomic mass is 9.90. The molecular formula is C12H20N2O2. The van der Waals surface area contributed by atoms with Gasteiger partial charge < -0.3 is 10.2 Å². The van der Waals surface area contributed by atoms with E-state index in [1.165, 1.54) is 6.08 Å². The second-order valence-corrected chi connectivity index (χ2v) is 4.24. The molecule has 2 atom stereocenters. The van der Waals surface area contributed by atoms with Crippen LogP contribution in [0.15, 0.2) is 12.7 Å². The van der Waals surface area contributed by atoms with Gasteiger partial charge in [-0.3, -0.25) is 9.59 Å². The maximum absolute atomic E-state index is 11.3. The van der Waals surface area contributed by atoms with Crippen LogP contribution in [-0.4, -0.2) is 35.8 Å². The number of nitrogens with one attached hydrogen (secondary N) is 1. The average Bonchev–Trinajstić information content (AvgIpc) is 2.29. The van der Waals surface area contributed by atoms with Gasteiger partial charge in [-0.1, -0.05) is 13.5 Å². The molecule has 90 valence electrons. The van der Waals surface area contributed by atoms with Crippen molar-refractivity contribution in [3.63, 3.8) is 0 Å². The topological polar surface area (TPSA) is 49.4 Å². The molecule has 1 rings (SSSR count). The molecular weight excluding hydrogens is 204 g/mol. The summed E-state index contributed by atoms with van der Waals surface area (Å²) in [5.74, 6) is 0.341. The first-order valence-electron chi connectivity index (χ1n) is 5.77. The van der Waals surface area contributed by atoms with Crippen molar-refractivity contribution in [3.8, 4) is 0 Å². The van der Waals surface area contributed by atoms with Crippen LogP contribution in [0.1, 0.15) is 26.7 Å². The highest BCUT2D eigenvalue weighted by Gasteiger charge is 2.29. The van der Waals surface area contributed by atoms with E-state index < -0.39 is 0 Å². The van der Waals surface area contributed by atoms with E-state index in [-0.39, 0.29) is 17.9 Å². The van der Waals surface area contributed by atoms with Gasteiger partial charge in [0.05, 0.1) is 0 Å². The molecule has 1 N–H and O–H groups in total. The zero-order valence-corrected chi connectivity index (χ0v) is 10.0. The third-order valence-electron chi connectivity index (χ3n) is 3.22. The van der Waals surface area contributed by atoms with Gasteiger partial charge in [0.2, 0.25) is 11.8 Å². The van der Waals surface area contributed by atoms with E-state index in [0.717, 1.165) is 25.9 Å². The van der Waals surface area contributed by atoms with Crippen LogP contribution in [0.4, 0.5) is 0 Å². The largest absolute Gasteiger partial charge is 0.349 e. The fraction of sp³-hybridized carbons (Fsp3) is 0.667. The zero-order valence-electron chi connectivity index (χ0n) is 10.0. The Hall–Kier alpha value is -1.32. The second kappa shape index (κ2) is 5.68. The van der Waals surface area contributed by atoms with Crippen molar-refractivity contribution < 1.29 is 9.59 Å². The first-order chi connectivity index (χ1) is 7.58. The molecule has 0 aromatic carbocycles. The monoisotopic (exact) mass is 224 g/mol. The normalized spacial score (nSPS) is 25.0. The van der Waals surface area contributed by atoms with Gasteiger partial charge in [0.1, 0.15) is 0 Å². The summed E-state index contributed by atoms with van der Waals surface area (Å²) in [7, 11) is 0. The predicted octanol–water partition coefficient (Wildman–Crippen LogP) is 0.936. The van der Waals surface area contributed by atoms with Crippen LogP contribution >= 0.6 is 0 Å². The number of likely N-dealkylation sites (tertiary alicyclic amines) is 1. The minimum Gasteiger partial charge on any atom is -0.349 e. The average molecular weight is 224 g/mol. The van der Waals surface area contributed by atoms with Crippen LogP contribution in [0.5, 0.6) is 0 Å². The Labute approximate surface area is 96.7 Å². The molecule has 2 unspecified atom stereocenters. The molecule has 0 spiro atoms. The maximum atomic E-state index is 11.3. The Kier molecular flexibility index (Phi) is 4.52. The van der Waals surface area contributed by atoms with Crippen LogP contribution in [0.2, 0.25) is 0 Å². The molecule has 1 fully saturated rings. The van der Waals surface area contributed by atoms with E-state index in [9.17, 15) is 9.59 Å². The smallest absolute Gasteiger partial charge is 0.243 e. The highest BCUT2D eigenvalue weighted by Crippen LogP contribution is 2.20. The molecule has 1 aliphatic rings. The quantitative estimate of drug-likeness (QED) is 0.725. The summed E-state index contributed by atoms with van der Waals surface area (Å²) in [6.07, 6.45) is 3.09. The molecule has 1 aliphatic heterocycles. The highest BCUT2D eigenvalue weighted by molar-refractivity contribution is 5.87. The zero-order chi connectivity index (χ0) is 12.1. The lowest BCUT2D eigenvalue weighted by Gasteiger charge is -2.38. The lowest BCUT2D eigenvalue weighted by molar-refractivity contribution is -0.131. The third-order valence-corrected chi connectivity index (χ3v) is 3.22. The van der Waals surface area contributed by atoms with Crippen molar-refractivity contribution in [2.75, 3.05) is 13.1 Å². The van der Waals surface area contributed by atoms with Gasteiger partial charge >= 0.3 is 0 Å². The van der Waals surface area contributed by atoms with E-state index in [1.807, 2.05) is 4.90 Å². The number of carbonyl (C=O) groups is 2.